The maximum absolute atomic E-state index is 13.3. The van der Waals surface area contributed by atoms with Crippen molar-refractivity contribution in [2.45, 2.75) is 38.6 Å². The zero-order chi connectivity index (χ0) is 20.2. The van der Waals surface area contributed by atoms with Crippen molar-refractivity contribution in [1.82, 2.24) is 4.90 Å². The van der Waals surface area contributed by atoms with Gasteiger partial charge in [0, 0.05) is 24.5 Å². The van der Waals surface area contributed by atoms with Crippen LogP contribution in [-0.4, -0.2) is 42.4 Å². The van der Waals surface area contributed by atoms with Crippen LogP contribution >= 0.6 is 0 Å². The number of carbonyl (C=O) groups is 2. The van der Waals surface area contributed by atoms with Crippen LogP contribution in [0.25, 0.3) is 0 Å². The molecule has 1 saturated heterocycles. The van der Waals surface area contributed by atoms with Crippen LogP contribution in [0.2, 0.25) is 0 Å². The van der Waals surface area contributed by atoms with E-state index in [2.05, 4.69) is 16.3 Å². The summed E-state index contributed by atoms with van der Waals surface area (Å²) < 4.78 is 0. The summed E-state index contributed by atoms with van der Waals surface area (Å²) in [7, 11) is 0. The van der Waals surface area contributed by atoms with Crippen LogP contribution in [0.1, 0.15) is 31.7 Å². The number of carbonyl (C=O) groups excluding carboxylic acids is 2. The van der Waals surface area contributed by atoms with Gasteiger partial charge in [-0.3, -0.25) is 14.5 Å². The van der Waals surface area contributed by atoms with Gasteiger partial charge in [-0.25, -0.2) is 0 Å². The van der Waals surface area contributed by atoms with Gasteiger partial charge in [0.2, 0.25) is 11.8 Å². The molecule has 0 unspecified atom stereocenters. The number of nitrogens with one attached hydrogen (secondary N) is 1. The number of aryl methyl sites for hydroxylation is 1. The molecule has 2 aliphatic heterocycles. The lowest BCUT2D eigenvalue weighted by Crippen LogP contribution is -2.52. The molecule has 29 heavy (non-hydrogen) atoms. The second-order valence-electron chi connectivity index (χ2n) is 8.09. The Hall–Kier alpha value is -2.66. The van der Waals surface area contributed by atoms with Crippen LogP contribution in [0, 0.1) is 5.92 Å². The first-order valence-electron chi connectivity index (χ1n) is 10.6. The van der Waals surface area contributed by atoms with Gasteiger partial charge in [0.25, 0.3) is 0 Å². The van der Waals surface area contributed by atoms with Crippen LogP contribution in [0.5, 0.6) is 0 Å². The molecule has 2 aromatic carbocycles. The Morgan fingerprint density at radius 1 is 1.00 bits per heavy atom. The monoisotopic (exact) mass is 391 g/mol. The fourth-order valence-corrected chi connectivity index (χ4v) is 4.48. The second kappa shape index (κ2) is 8.78. The second-order valence-corrected chi connectivity index (χ2v) is 8.09. The highest BCUT2D eigenvalue weighted by molar-refractivity contribution is 5.98. The molecule has 2 heterocycles. The maximum atomic E-state index is 13.3. The summed E-state index contributed by atoms with van der Waals surface area (Å²) in [4.78, 5) is 30.2. The van der Waals surface area contributed by atoms with E-state index >= 15 is 0 Å². The van der Waals surface area contributed by atoms with E-state index in [1.807, 2.05) is 60.4 Å². The van der Waals surface area contributed by atoms with E-state index in [9.17, 15) is 9.59 Å². The Kier molecular flexibility index (Phi) is 5.95. The number of piperidine rings is 1. The van der Waals surface area contributed by atoms with Crippen LogP contribution in [0.3, 0.4) is 0 Å². The van der Waals surface area contributed by atoms with Crippen LogP contribution in [-0.2, 0) is 16.0 Å². The van der Waals surface area contributed by atoms with E-state index in [0.29, 0.717) is 6.54 Å². The molecule has 5 nitrogen and oxygen atoms in total. The number of para-hydroxylation sites is 2. The van der Waals surface area contributed by atoms with Crippen molar-refractivity contribution in [2.24, 2.45) is 5.92 Å². The molecule has 1 fully saturated rings. The molecule has 0 spiro atoms. The van der Waals surface area contributed by atoms with Crippen molar-refractivity contribution in [3.63, 3.8) is 0 Å². The molecular formula is C24H29N3O2. The number of rotatable bonds is 4. The van der Waals surface area contributed by atoms with Gasteiger partial charge in [0.05, 0.1) is 12.0 Å². The largest absolute Gasteiger partial charge is 0.326 e. The van der Waals surface area contributed by atoms with Crippen molar-refractivity contribution in [3.8, 4) is 0 Å². The van der Waals surface area contributed by atoms with Crippen LogP contribution in [0.15, 0.2) is 54.6 Å². The Labute approximate surface area is 172 Å². The molecule has 2 aromatic rings. The van der Waals surface area contributed by atoms with Gasteiger partial charge in [-0.05, 0) is 62.9 Å². The summed E-state index contributed by atoms with van der Waals surface area (Å²) in [6.07, 6.45) is 3.82. The van der Waals surface area contributed by atoms with E-state index in [1.165, 1.54) is 5.56 Å². The van der Waals surface area contributed by atoms with Crippen molar-refractivity contribution < 1.29 is 9.59 Å². The predicted molar refractivity (Wildman–Crippen MR) is 116 cm³/mol. The summed E-state index contributed by atoms with van der Waals surface area (Å²) >= 11 is 0. The average molecular weight is 392 g/mol. The highest BCUT2D eigenvalue weighted by Crippen LogP contribution is 2.29. The minimum Gasteiger partial charge on any atom is -0.326 e. The molecule has 2 aliphatic rings. The molecule has 2 amide bonds. The van der Waals surface area contributed by atoms with Crippen LogP contribution in [0.4, 0.5) is 11.4 Å². The highest BCUT2D eigenvalue weighted by atomic mass is 16.2. The molecule has 152 valence electrons. The Morgan fingerprint density at radius 3 is 2.59 bits per heavy atom. The lowest BCUT2D eigenvalue weighted by atomic mass is 9.95. The van der Waals surface area contributed by atoms with Gasteiger partial charge in [0.15, 0.2) is 0 Å². The molecule has 0 bridgehead atoms. The first-order valence-corrected chi connectivity index (χ1v) is 10.6. The Morgan fingerprint density at radius 2 is 1.76 bits per heavy atom. The molecule has 5 heteroatoms. The molecule has 1 N–H and O–H groups in total. The molecule has 0 radical (unpaired) electrons. The Bertz CT molecular complexity index is 867. The van der Waals surface area contributed by atoms with E-state index in [-0.39, 0.29) is 23.8 Å². The lowest BCUT2D eigenvalue weighted by Gasteiger charge is -2.39. The number of hydrogen-bond acceptors (Lipinski definition) is 3. The third-order valence-corrected chi connectivity index (χ3v) is 6.15. The Balaban J connectivity index is 1.42. The van der Waals surface area contributed by atoms with Crippen molar-refractivity contribution >= 4 is 23.2 Å². The van der Waals surface area contributed by atoms with Crippen molar-refractivity contribution in [2.75, 3.05) is 29.9 Å². The topological polar surface area (TPSA) is 52.7 Å². The number of amides is 2. The number of nitrogens with zero attached hydrogens (tertiary/aromatic N) is 2. The summed E-state index contributed by atoms with van der Waals surface area (Å²) in [5.41, 5.74) is 3.12. The number of fused-ring (bicyclic) bond motifs is 1. The molecular weight excluding hydrogens is 362 g/mol. The third kappa shape index (κ3) is 4.35. The van der Waals surface area contributed by atoms with Gasteiger partial charge in [-0.1, -0.05) is 36.4 Å². The standard InChI is InChI=1S/C24H29N3O2/c1-18(24(29)27-16-8-10-19-9-5-6-14-22(19)27)26-15-7-11-20(17-26)23(28)25-21-12-3-2-4-13-21/h2-6,9,12-14,18,20H,7-8,10-11,15-17H2,1H3,(H,25,28)/t18-,20+/m1/s1. The average Bonchev–Trinajstić information content (AvgIpc) is 2.78. The SMILES string of the molecule is C[C@H](C(=O)N1CCCc2ccccc21)N1CCC[C@H](C(=O)Nc2ccccc2)C1. The van der Waals surface area contributed by atoms with E-state index < -0.39 is 0 Å². The molecule has 2 atom stereocenters. The maximum Gasteiger partial charge on any atom is 0.244 e. The predicted octanol–water partition coefficient (Wildman–Crippen LogP) is 3.71. The van der Waals surface area contributed by atoms with Crippen molar-refractivity contribution in [1.29, 1.82) is 0 Å². The molecule has 0 saturated carbocycles. The number of anilines is 2. The summed E-state index contributed by atoms with van der Waals surface area (Å²) in [6, 6.07) is 17.5. The van der Waals surface area contributed by atoms with Gasteiger partial charge in [-0.15, -0.1) is 0 Å². The zero-order valence-corrected chi connectivity index (χ0v) is 17.0. The normalized spacial score (nSPS) is 20.6. The molecule has 0 aliphatic carbocycles. The highest BCUT2D eigenvalue weighted by Gasteiger charge is 2.34. The van der Waals surface area contributed by atoms with Crippen LogP contribution < -0.4 is 10.2 Å². The number of hydrogen-bond donors (Lipinski definition) is 1. The fraction of sp³-hybridized carbons (Fsp3) is 0.417. The fourth-order valence-electron chi connectivity index (χ4n) is 4.48. The lowest BCUT2D eigenvalue weighted by molar-refractivity contribution is -0.127. The first kappa shape index (κ1) is 19.6. The van der Waals surface area contributed by atoms with E-state index in [4.69, 9.17) is 0 Å². The molecule has 0 aromatic heterocycles. The van der Waals surface area contributed by atoms with E-state index in [0.717, 1.165) is 50.1 Å². The molecule has 4 rings (SSSR count). The van der Waals surface area contributed by atoms with Gasteiger partial charge in [-0.2, -0.15) is 0 Å². The third-order valence-electron chi connectivity index (χ3n) is 6.15. The first-order chi connectivity index (χ1) is 14.1. The quantitative estimate of drug-likeness (QED) is 0.865. The minimum absolute atomic E-state index is 0.0452. The summed E-state index contributed by atoms with van der Waals surface area (Å²) in [5, 5.41) is 3.02. The minimum atomic E-state index is -0.228. The van der Waals surface area contributed by atoms with Crippen molar-refractivity contribution in [3.05, 3.63) is 60.2 Å². The number of benzene rings is 2. The smallest absolute Gasteiger partial charge is 0.244 e. The van der Waals surface area contributed by atoms with Gasteiger partial charge < -0.3 is 10.2 Å². The zero-order valence-electron chi connectivity index (χ0n) is 17.0. The summed E-state index contributed by atoms with van der Waals surface area (Å²) in [5.74, 6) is 0.0954. The number of likely N-dealkylation sites (tertiary alicyclic amines) is 1. The van der Waals surface area contributed by atoms with Gasteiger partial charge >= 0.3 is 0 Å². The summed E-state index contributed by atoms with van der Waals surface area (Å²) in [6.45, 7) is 4.24. The van der Waals surface area contributed by atoms with E-state index in [1.54, 1.807) is 0 Å². The van der Waals surface area contributed by atoms with Gasteiger partial charge in [0.1, 0.15) is 0 Å².